The number of halogens is 3. The number of aromatic nitrogens is 3. The number of fused-ring (bicyclic) bond motifs is 1. The van der Waals surface area contributed by atoms with Gasteiger partial charge in [0.15, 0.2) is 0 Å². The number of carbonyl (C=O) groups is 1. The molecule has 1 aromatic heterocycles. The van der Waals surface area contributed by atoms with Crippen LogP contribution in [0.15, 0.2) is 0 Å². The molecular weight excluding hydrogens is 323 g/mol. The minimum Gasteiger partial charge on any atom is -0.342 e. The van der Waals surface area contributed by atoms with Crippen molar-refractivity contribution in [2.45, 2.75) is 64.8 Å². The third kappa shape index (κ3) is 3.88. The summed E-state index contributed by atoms with van der Waals surface area (Å²) in [4.78, 5) is 13.9. The van der Waals surface area contributed by atoms with Crippen molar-refractivity contribution >= 4 is 5.91 Å². The first kappa shape index (κ1) is 18.7. The molecule has 1 aromatic rings. The Balaban J connectivity index is 2.05. The molecule has 2 heterocycles. The van der Waals surface area contributed by atoms with Gasteiger partial charge >= 0.3 is 6.18 Å². The Morgan fingerprint density at radius 2 is 2.04 bits per heavy atom. The SMILES string of the molecule is CCN(CC)C(=O)[C@H](C)NCc1nnc2n1CCC[C@H]2C(F)(F)F. The Labute approximate surface area is 139 Å². The van der Waals surface area contributed by atoms with Crippen LogP contribution in [0.3, 0.4) is 0 Å². The van der Waals surface area contributed by atoms with Gasteiger partial charge in [0.2, 0.25) is 5.91 Å². The lowest BCUT2D eigenvalue weighted by molar-refractivity contribution is -0.156. The van der Waals surface area contributed by atoms with Crippen molar-refractivity contribution in [3.63, 3.8) is 0 Å². The molecule has 2 atom stereocenters. The molecule has 0 bridgehead atoms. The van der Waals surface area contributed by atoms with Gasteiger partial charge in [-0.2, -0.15) is 13.2 Å². The van der Waals surface area contributed by atoms with Gasteiger partial charge < -0.3 is 9.47 Å². The smallest absolute Gasteiger partial charge is 0.342 e. The molecule has 136 valence electrons. The maximum atomic E-state index is 13.1. The highest BCUT2D eigenvalue weighted by atomic mass is 19.4. The van der Waals surface area contributed by atoms with Crippen LogP contribution in [0.5, 0.6) is 0 Å². The largest absolute Gasteiger partial charge is 0.398 e. The van der Waals surface area contributed by atoms with Gasteiger partial charge in [-0.25, -0.2) is 0 Å². The van der Waals surface area contributed by atoms with Crippen LogP contribution in [-0.2, 0) is 17.9 Å². The van der Waals surface area contributed by atoms with E-state index < -0.39 is 18.1 Å². The first-order valence-electron chi connectivity index (χ1n) is 8.30. The molecule has 0 saturated heterocycles. The van der Waals surface area contributed by atoms with E-state index in [-0.39, 0.29) is 24.7 Å². The zero-order chi connectivity index (χ0) is 17.9. The van der Waals surface area contributed by atoms with Crippen LogP contribution >= 0.6 is 0 Å². The summed E-state index contributed by atoms with van der Waals surface area (Å²) in [6.45, 7) is 7.48. The lowest BCUT2D eigenvalue weighted by Crippen LogP contribution is -2.44. The average molecular weight is 347 g/mol. The molecule has 1 amide bonds. The molecule has 0 saturated carbocycles. The summed E-state index contributed by atoms with van der Waals surface area (Å²) in [5, 5.41) is 10.7. The van der Waals surface area contributed by atoms with Gasteiger partial charge in [-0.05, 0) is 33.6 Å². The van der Waals surface area contributed by atoms with Crippen LogP contribution in [0.25, 0.3) is 0 Å². The van der Waals surface area contributed by atoms with E-state index in [2.05, 4.69) is 15.5 Å². The van der Waals surface area contributed by atoms with Crippen molar-refractivity contribution in [3.05, 3.63) is 11.6 Å². The number of nitrogens with zero attached hydrogens (tertiary/aromatic N) is 4. The Morgan fingerprint density at radius 1 is 1.38 bits per heavy atom. The van der Waals surface area contributed by atoms with E-state index in [4.69, 9.17) is 0 Å². The topological polar surface area (TPSA) is 63.1 Å². The number of nitrogens with one attached hydrogen (secondary N) is 1. The number of rotatable bonds is 6. The third-order valence-corrected chi connectivity index (χ3v) is 4.45. The Bertz CT molecular complexity index is 568. The number of amides is 1. The Hall–Kier alpha value is -1.64. The zero-order valence-corrected chi connectivity index (χ0v) is 14.2. The molecule has 0 spiro atoms. The lowest BCUT2D eigenvalue weighted by Gasteiger charge is -2.26. The molecule has 9 heteroatoms. The van der Waals surface area contributed by atoms with Crippen molar-refractivity contribution in [1.29, 1.82) is 0 Å². The second-order valence-corrected chi connectivity index (χ2v) is 5.98. The minimum absolute atomic E-state index is 0.0201. The number of hydrogen-bond donors (Lipinski definition) is 1. The maximum absolute atomic E-state index is 13.1. The molecule has 2 rings (SSSR count). The average Bonchev–Trinajstić information content (AvgIpc) is 2.95. The van der Waals surface area contributed by atoms with E-state index >= 15 is 0 Å². The normalized spacial score (nSPS) is 19.0. The summed E-state index contributed by atoms with van der Waals surface area (Å²) in [7, 11) is 0. The highest BCUT2D eigenvalue weighted by Crippen LogP contribution is 2.40. The summed E-state index contributed by atoms with van der Waals surface area (Å²) >= 11 is 0. The highest BCUT2D eigenvalue weighted by Gasteiger charge is 2.45. The summed E-state index contributed by atoms with van der Waals surface area (Å²) in [6.07, 6.45) is -3.82. The van der Waals surface area contributed by atoms with Crippen molar-refractivity contribution in [1.82, 2.24) is 25.0 Å². The zero-order valence-electron chi connectivity index (χ0n) is 14.2. The van der Waals surface area contributed by atoms with Crippen molar-refractivity contribution in [2.24, 2.45) is 0 Å². The minimum atomic E-state index is -4.30. The van der Waals surface area contributed by atoms with Gasteiger partial charge in [0.05, 0.1) is 12.6 Å². The van der Waals surface area contributed by atoms with E-state index in [0.717, 1.165) is 0 Å². The fourth-order valence-electron chi connectivity index (χ4n) is 3.01. The van der Waals surface area contributed by atoms with Gasteiger partial charge in [0.1, 0.15) is 17.6 Å². The Kier molecular flexibility index (Phi) is 5.84. The molecular formula is C15H24F3N5O. The van der Waals surface area contributed by atoms with Gasteiger partial charge in [-0.15, -0.1) is 10.2 Å². The van der Waals surface area contributed by atoms with Gasteiger partial charge in [0, 0.05) is 19.6 Å². The van der Waals surface area contributed by atoms with Crippen LogP contribution in [0.1, 0.15) is 51.2 Å². The molecule has 0 fully saturated rings. The summed E-state index contributed by atoms with van der Waals surface area (Å²) in [6, 6.07) is -0.431. The lowest BCUT2D eigenvalue weighted by atomic mass is 9.98. The van der Waals surface area contributed by atoms with E-state index in [9.17, 15) is 18.0 Å². The fraction of sp³-hybridized carbons (Fsp3) is 0.800. The van der Waals surface area contributed by atoms with E-state index in [1.807, 2.05) is 13.8 Å². The highest BCUT2D eigenvalue weighted by molar-refractivity contribution is 5.81. The predicted octanol–water partition coefficient (Wildman–Crippen LogP) is 2.06. The molecule has 1 N–H and O–H groups in total. The quantitative estimate of drug-likeness (QED) is 0.856. The molecule has 0 radical (unpaired) electrons. The molecule has 1 aliphatic heterocycles. The van der Waals surface area contributed by atoms with Crippen molar-refractivity contribution in [3.8, 4) is 0 Å². The van der Waals surface area contributed by atoms with Crippen LogP contribution < -0.4 is 5.32 Å². The van der Waals surface area contributed by atoms with Crippen LogP contribution in [0.2, 0.25) is 0 Å². The number of likely N-dealkylation sites (N-methyl/N-ethyl adjacent to an activating group) is 1. The van der Waals surface area contributed by atoms with Gasteiger partial charge in [-0.1, -0.05) is 0 Å². The maximum Gasteiger partial charge on any atom is 0.398 e. The summed E-state index contributed by atoms with van der Waals surface area (Å²) in [5.41, 5.74) is 0. The Morgan fingerprint density at radius 3 is 2.62 bits per heavy atom. The van der Waals surface area contributed by atoms with Gasteiger partial charge in [0.25, 0.3) is 0 Å². The molecule has 0 aromatic carbocycles. The molecule has 0 unspecified atom stereocenters. The fourth-order valence-corrected chi connectivity index (χ4v) is 3.01. The van der Waals surface area contributed by atoms with Gasteiger partial charge in [-0.3, -0.25) is 10.1 Å². The standard InChI is InChI=1S/C15H24F3N5O/c1-4-22(5-2)14(24)10(3)19-9-12-20-21-13-11(15(16,17)18)7-6-8-23(12)13/h10-11,19H,4-9H2,1-3H3/t10-,11+/m0/s1. The molecule has 0 aliphatic carbocycles. The third-order valence-electron chi connectivity index (χ3n) is 4.45. The number of carbonyl (C=O) groups excluding carboxylic acids is 1. The second-order valence-electron chi connectivity index (χ2n) is 5.98. The van der Waals surface area contributed by atoms with Crippen LogP contribution in [0, 0.1) is 0 Å². The number of hydrogen-bond acceptors (Lipinski definition) is 4. The van der Waals surface area contributed by atoms with Crippen molar-refractivity contribution < 1.29 is 18.0 Å². The first-order valence-corrected chi connectivity index (χ1v) is 8.30. The first-order chi connectivity index (χ1) is 11.3. The van der Waals surface area contributed by atoms with Crippen LogP contribution in [-0.4, -0.2) is 50.9 Å². The predicted molar refractivity (Wildman–Crippen MR) is 82.3 cm³/mol. The number of alkyl halides is 3. The molecule has 6 nitrogen and oxygen atoms in total. The van der Waals surface area contributed by atoms with E-state index in [0.29, 0.717) is 31.9 Å². The second kappa shape index (κ2) is 7.50. The van der Waals surface area contributed by atoms with Crippen molar-refractivity contribution in [2.75, 3.05) is 13.1 Å². The monoisotopic (exact) mass is 347 g/mol. The molecule has 1 aliphatic rings. The van der Waals surface area contributed by atoms with E-state index in [1.54, 1.807) is 11.8 Å². The summed E-state index contributed by atoms with van der Waals surface area (Å²) < 4.78 is 40.7. The summed E-state index contributed by atoms with van der Waals surface area (Å²) in [5.74, 6) is -1.17. The van der Waals surface area contributed by atoms with Crippen LogP contribution in [0.4, 0.5) is 13.2 Å². The van der Waals surface area contributed by atoms with E-state index in [1.165, 1.54) is 4.57 Å². The molecule has 24 heavy (non-hydrogen) atoms.